The van der Waals surface area contributed by atoms with Crippen molar-refractivity contribution in [3.05, 3.63) is 60.7 Å². The molecule has 0 spiro atoms. The molecule has 100 valence electrons. The van der Waals surface area contributed by atoms with Crippen molar-refractivity contribution in [2.75, 3.05) is 0 Å². The summed E-state index contributed by atoms with van der Waals surface area (Å²) in [7, 11) is 0. The highest BCUT2D eigenvalue weighted by Gasteiger charge is 1.92. The Hall–Kier alpha value is -2.82. The lowest BCUT2D eigenvalue weighted by Crippen LogP contribution is -1.81. The molecule has 0 aliphatic heterocycles. The average Bonchev–Trinajstić information content (AvgIpc) is 2.43. The summed E-state index contributed by atoms with van der Waals surface area (Å²) in [6.45, 7) is -0.500. The molecular formula is C14H14O5. The standard InChI is InChI=1S/C12H10O.2CH2O2/c1-3-7-11(8-4-1)13-12-9-5-2-6-10-12;2*2-1-3/h1-10H;2*1H,(H,2,3). The average molecular weight is 262 g/mol. The smallest absolute Gasteiger partial charge is 0.290 e. The van der Waals surface area contributed by atoms with E-state index < -0.39 is 0 Å². The zero-order chi connectivity index (χ0) is 14.3. The predicted molar refractivity (Wildman–Crippen MR) is 70.3 cm³/mol. The topological polar surface area (TPSA) is 83.8 Å². The van der Waals surface area contributed by atoms with Crippen LogP contribution in [0, 0.1) is 0 Å². The number of rotatable bonds is 2. The van der Waals surface area contributed by atoms with Gasteiger partial charge in [0.1, 0.15) is 11.5 Å². The molecule has 0 atom stereocenters. The summed E-state index contributed by atoms with van der Waals surface area (Å²) in [6.07, 6.45) is 0. The molecule has 0 saturated heterocycles. The molecule has 0 aliphatic rings. The summed E-state index contributed by atoms with van der Waals surface area (Å²) < 4.78 is 5.58. The van der Waals surface area contributed by atoms with Crippen molar-refractivity contribution in [2.24, 2.45) is 0 Å². The van der Waals surface area contributed by atoms with Gasteiger partial charge in [-0.15, -0.1) is 0 Å². The van der Waals surface area contributed by atoms with E-state index in [1.165, 1.54) is 0 Å². The number of hydrogen-bond acceptors (Lipinski definition) is 3. The molecule has 0 unspecified atom stereocenters. The Bertz CT molecular complexity index is 398. The molecule has 0 bridgehead atoms. The number of para-hydroxylation sites is 2. The fourth-order valence-corrected chi connectivity index (χ4v) is 1.11. The van der Waals surface area contributed by atoms with Gasteiger partial charge in [-0.05, 0) is 24.3 Å². The molecule has 0 heterocycles. The Morgan fingerprint density at radius 2 is 0.947 bits per heavy atom. The zero-order valence-corrected chi connectivity index (χ0v) is 10.0. The minimum absolute atomic E-state index is 0.250. The SMILES string of the molecule is O=CO.O=CO.c1ccc(Oc2ccccc2)cc1. The van der Waals surface area contributed by atoms with Crippen LogP contribution in [0.25, 0.3) is 0 Å². The van der Waals surface area contributed by atoms with E-state index in [1.54, 1.807) is 0 Å². The minimum Gasteiger partial charge on any atom is -0.483 e. The van der Waals surface area contributed by atoms with Gasteiger partial charge in [0.2, 0.25) is 0 Å². The van der Waals surface area contributed by atoms with Crippen LogP contribution in [0.4, 0.5) is 0 Å². The monoisotopic (exact) mass is 262 g/mol. The molecule has 2 rings (SSSR count). The largest absolute Gasteiger partial charge is 0.483 e. The molecule has 19 heavy (non-hydrogen) atoms. The van der Waals surface area contributed by atoms with Crippen LogP contribution < -0.4 is 4.74 Å². The van der Waals surface area contributed by atoms with Crippen molar-refractivity contribution < 1.29 is 24.5 Å². The van der Waals surface area contributed by atoms with Crippen molar-refractivity contribution in [3.63, 3.8) is 0 Å². The summed E-state index contributed by atoms with van der Waals surface area (Å²) >= 11 is 0. The molecule has 0 aromatic heterocycles. The zero-order valence-electron chi connectivity index (χ0n) is 10.0. The fourth-order valence-electron chi connectivity index (χ4n) is 1.11. The second kappa shape index (κ2) is 11.7. The van der Waals surface area contributed by atoms with Crippen LogP contribution in [-0.2, 0) is 9.59 Å². The van der Waals surface area contributed by atoms with Crippen molar-refractivity contribution in [1.82, 2.24) is 0 Å². The molecule has 5 heteroatoms. The van der Waals surface area contributed by atoms with Gasteiger partial charge in [0.05, 0.1) is 0 Å². The first-order chi connectivity index (χ1) is 9.28. The highest BCUT2D eigenvalue weighted by atomic mass is 16.5. The quantitative estimate of drug-likeness (QED) is 0.813. The maximum absolute atomic E-state index is 8.36. The van der Waals surface area contributed by atoms with Gasteiger partial charge in [-0.2, -0.15) is 0 Å². The van der Waals surface area contributed by atoms with Gasteiger partial charge in [0.15, 0.2) is 0 Å². The Kier molecular flexibility index (Phi) is 9.93. The van der Waals surface area contributed by atoms with Crippen LogP contribution in [0.2, 0.25) is 0 Å². The van der Waals surface area contributed by atoms with Crippen molar-refractivity contribution in [2.45, 2.75) is 0 Å². The maximum Gasteiger partial charge on any atom is 0.290 e. The molecule has 0 amide bonds. The van der Waals surface area contributed by atoms with Gasteiger partial charge in [-0.25, -0.2) is 0 Å². The minimum atomic E-state index is -0.250. The third kappa shape index (κ3) is 8.93. The Morgan fingerprint density at radius 3 is 1.21 bits per heavy atom. The molecule has 0 radical (unpaired) electrons. The second-order valence-corrected chi connectivity index (χ2v) is 2.94. The van der Waals surface area contributed by atoms with Gasteiger partial charge >= 0.3 is 0 Å². The third-order valence-electron chi connectivity index (χ3n) is 1.72. The molecular weight excluding hydrogens is 248 g/mol. The molecule has 0 aliphatic carbocycles. The Morgan fingerprint density at radius 1 is 0.684 bits per heavy atom. The van der Waals surface area contributed by atoms with E-state index in [2.05, 4.69) is 0 Å². The predicted octanol–water partition coefficient (Wildman–Crippen LogP) is 2.88. The lowest BCUT2D eigenvalue weighted by Gasteiger charge is -2.03. The van der Waals surface area contributed by atoms with Crippen LogP contribution in [0.5, 0.6) is 11.5 Å². The lowest BCUT2D eigenvalue weighted by atomic mass is 10.3. The van der Waals surface area contributed by atoms with Gasteiger partial charge in [-0.3, -0.25) is 9.59 Å². The van der Waals surface area contributed by atoms with Gasteiger partial charge < -0.3 is 14.9 Å². The first-order valence-corrected chi connectivity index (χ1v) is 5.22. The van der Waals surface area contributed by atoms with Crippen LogP contribution in [0.1, 0.15) is 0 Å². The fraction of sp³-hybridized carbons (Fsp3) is 0. The summed E-state index contributed by atoms with van der Waals surface area (Å²) in [5.74, 6) is 1.74. The highest BCUT2D eigenvalue weighted by molar-refractivity contribution is 5.33. The van der Waals surface area contributed by atoms with Crippen LogP contribution in [0.3, 0.4) is 0 Å². The van der Waals surface area contributed by atoms with Crippen LogP contribution in [-0.4, -0.2) is 23.2 Å². The van der Waals surface area contributed by atoms with E-state index >= 15 is 0 Å². The Labute approximate surface area is 110 Å². The van der Waals surface area contributed by atoms with Crippen molar-refractivity contribution in [3.8, 4) is 11.5 Å². The normalized spacial score (nSPS) is 7.79. The van der Waals surface area contributed by atoms with E-state index in [0.29, 0.717) is 0 Å². The van der Waals surface area contributed by atoms with Crippen molar-refractivity contribution >= 4 is 12.9 Å². The maximum atomic E-state index is 8.36. The van der Waals surface area contributed by atoms with Crippen molar-refractivity contribution in [1.29, 1.82) is 0 Å². The first-order valence-electron chi connectivity index (χ1n) is 5.22. The highest BCUT2D eigenvalue weighted by Crippen LogP contribution is 2.19. The van der Waals surface area contributed by atoms with Gasteiger partial charge in [-0.1, -0.05) is 36.4 Å². The summed E-state index contributed by atoms with van der Waals surface area (Å²) in [5.41, 5.74) is 0. The molecule has 2 aromatic carbocycles. The molecule has 2 aromatic rings. The number of ether oxygens (including phenoxy) is 1. The Balaban J connectivity index is 0.000000465. The second-order valence-electron chi connectivity index (χ2n) is 2.94. The van der Waals surface area contributed by atoms with Gasteiger partial charge in [0.25, 0.3) is 12.9 Å². The summed E-state index contributed by atoms with van der Waals surface area (Å²) in [6, 6.07) is 19.5. The van der Waals surface area contributed by atoms with E-state index in [0.717, 1.165) is 11.5 Å². The molecule has 5 nitrogen and oxygen atoms in total. The molecule has 0 fully saturated rings. The third-order valence-corrected chi connectivity index (χ3v) is 1.72. The molecule has 0 saturated carbocycles. The lowest BCUT2D eigenvalue weighted by molar-refractivity contribution is -0.123. The molecule has 2 N–H and O–H groups in total. The van der Waals surface area contributed by atoms with Crippen LogP contribution >= 0.6 is 0 Å². The van der Waals surface area contributed by atoms with Crippen LogP contribution in [0.15, 0.2) is 60.7 Å². The van der Waals surface area contributed by atoms with E-state index in [9.17, 15) is 0 Å². The first kappa shape index (κ1) is 16.2. The summed E-state index contributed by atoms with van der Waals surface area (Å²) in [5, 5.41) is 13.8. The van der Waals surface area contributed by atoms with E-state index in [1.807, 2.05) is 60.7 Å². The van der Waals surface area contributed by atoms with E-state index in [4.69, 9.17) is 24.5 Å². The number of hydrogen-bond donors (Lipinski definition) is 2. The number of carboxylic acid groups (broad SMARTS) is 2. The number of carbonyl (C=O) groups is 2. The number of benzene rings is 2. The summed E-state index contributed by atoms with van der Waals surface area (Å²) in [4.78, 5) is 16.7. The van der Waals surface area contributed by atoms with E-state index in [-0.39, 0.29) is 12.9 Å². The van der Waals surface area contributed by atoms with Gasteiger partial charge in [0, 0.05) is 0 Å².